The van der Waals surface area contributed by atoms with Crippen molar-refractivity contribution in [1.82, 2.24) is 20.1 Å². The molecule has 0 radical (unpaired) electrons. The third-order valence-corrected chi connectivity index (χ3v) is 5.33. The molecule has 0 spiro atoms. The Kier molecular flexibility index (Phi) is 6.35. The third-order valence-electron chi connectivity index (χ3n) is 5.33. The van der Waals surface area contributed by atoms with E-state index in [-0.39, 0.29) is 17.4 Å². The van der Waals surface area contributed by atoms with Gasteiger partial charge < -0.3 is 21.8 Å². The van der Waals surface area contributed by atoms with Crippen molar-refractivity contribution in [3.8, 4) is 5.82 Å². The lowest BCUT2D eigenvalue weighted by Crippen LogP contribution is -2.21. The second-order valence-electron chi connectivity index (χ2n) is 7.76. The Morgan fingerprint density at radius 1 is 1.26 bits per heavy atom. The van der Waals surface area contributed by atoms with Crippen molar-refractivity contribution in [2.75, 3.05) is 5.32 Å². The number of carbonyl (C=O) groups is 1. The first kappa shape index (κ1) is 22.7. The summed E-state index contributed by atoms with van der Waals surface area (Å²) in [7, 11) is 0. The summed E-state index contributed by atoms with van der Waals surface area (Å²) in [5.41, 5.74) is 8.62. The first-order chi connectivity index (χ1) is 16.4. The fourth-order valence-electron chi connectivity index (χ4n) is 3.67. The van der Waals surface area contributed by atoms with Crippen LogP contribution in [0.25, 0.3) is 11.4 Å². The summed E-state index contributed by atoms with van der Waals surface area (Å²) in [6, 6.07) is 13.7. The summed E-state index contributed by atoms with van der Waals surface area (Å²) in [4.78, 5) is 16.3. The minimum absolute atomic E-state index is 0.0492. The summed E-state index contributed by atoms with van der Waals surface area (Å²) < 4.78 is 16.0. The van der Waals surface area contributed by atoms with Crippen LogP contribution in [0.15, 0.2) is 78.2 Å². The number of amides is 1. The van der Waals surface area contributed by atoms with E-state index in [9.17, 15) is 9.18 Å². The van der Waals surface area contributed by atoms with E-state index >= 15 is 0 Å². The molecule has 0 saturated heterocycles. The third kappa shape index (κ3) is 4.63. The fourth-order valence-corrected chi connectivity index (χ4v) is 3.67. The van der Waals surface area contributed by atoms with Crippen LogP contribution in [0.3, 0.4) is 0 Å². The molecule has 1 aromatic carbocycles. The van der Waals surface area contributed by atoms with Crippen LogP contribution in [0.4, 0.5) is 10.2 Å². The molecule has 1 aliphatic rings. The summed E-state index contributed by atoms with van der Waals surface area (Å²) in [6.45, 7) is 3.75. The molecular formula is C25H24FN7O. The van der Waals surface area contributed by atoms with Crippen molar-refractivity contribution in [3.63, 3.8) is 0 Å². The Hall–Kier alpha value is -4.53. The number of nitrogens with zero attached hydrogens (tertiary/aromatic N) is 3. The number of aryl methyl sites for hydroxylation is 1. The number of hydrogen-bond acceptors (Lipinski definition) is 6. The van der Waals surface area contributed by atoms with Gasteiger partial charge in [0.1, 0.15) is 11.6 Å². The van der Waals surface area contributed by atoms with Gasteiger partial charge >= 0.3 is 0 Å². The van der Waals surface area contributed by atoms with Gasteiger partial charge in [-0.1, -0.05) is 24.3 Å². The second kappa shape index (κ2) is 9.53. The van der Waals surface area contributed by atoms with Crippen LogP contribution in [0.5, 0.6) is 0 Å². The largest absolute Gasteiger partial charge is 0.365 e. The molecule has 1 atom stereocenters. The molecule has 3 aromatic rings. The maximum atomic E-state index is 14.3. The summed E-state index contributed by atoms with van der Waals surface area (Å²) in [5.74, 6) is 0.113. The van der Waals surface area contributed by atoms with Crippen molar-refractivity contribution in [1.29, 1.82) is 5.41 Å². The van der Waals surface area contributed by atoms with Gasteiger partial charge in [-0.2, -0.15) is 0 Å². The number of halogens is 1. The molecule has 172 valence electrons. The number of benzene rings is 1. The van der Waals surface area contributed by atoms with Gasteiger partial charge in [-0.3, -0.25) is 4.79 Å². The van der Waals surface area contributed by atoms with Crippen molar-refractivity contribution >= 4 is 23.5 Å². The van der Waals surface area contributed by atoms with Gasteiger partial charge in [0.2, 0.25) is 0 Å². The van der Waals surface area contributed by atoms with E-state index in [2.05, 4.69) is 15.6 Å². The van der Waals surface area contributed by atoms with Gasteiger partial charge in [-0.15, -0.1) is 5.10 Å². The van der Waals surface area contributed by atoms with Crippen LogP contribution in [0.1, 0.15) is 29.9 Å². The number of allylic oxidation sites excluding steroid dienone is 3. The van der Waals surface area contributed by atoms with Crippen LogP contribution in [-0.2, 0) is 4.79 Å². The van der Waals surface area contributed by atoms with E-state index in [4.69, 9.17) is 16.2 Å². The molecule has 0 saturated carbocycles. The first-order valence-electron chi connectivity index (χ1n) is 10.6. The Morgan fingerprint density at radius 3 is 2.76 bits per heavy atom. The molecule has 0 fully saturated rings. The van der Waals surface area contributed by atoms with E-state index < -0.39 is 5.91 Å². The van der Waals surface area contributed by atoms with Crippen LogP contribution in [0, 0.1) is 18.2 Å². The molecule has 34 heavy (non-hydrogen) atoms. The molecular weight excluding hydrogens is 433 g/mol. The lowest BCUT2D eigenvalue weighted by molar-refractivity contribution is -0.114. The highest BCUT2D eigenvalue weighted by Gasteiger charge is 2.19. The topological polar surface area (TPSA) is 122 Å². The van der Waals surface area contributed by atoms with E-state index in [0.717, 1.165) is 17.5 Å². The highest BCUT2D eigenvalue weighted by molar-refractivity contribution is 6.12. The number of anilines is 1. The summed E-state index contributed by atoms with van der Waals surface area (Å²) >= 11 is 0. The highest BCUT2D eigenvalue weighted by Crippen LogP contribution is 2.28. The molecule has 1 unspecified atom stereocenters. The van der Waals surface area contributed by atoms with Gasteiger partial charge in [-0.25, -0.2) is 14.1 Å². The standard InChI is InChI=1S/C25H24FN7O/c1-15-6-5-9-24(30-15)33-22(17-10-11-29-21(12-17)19(14-27)25(28)34)13-23(32-33)31-16(2)18-7-3-4-8-20(18)26/h3-14,16,27,29H,1-2H3,(H2,28,34)(H,31,32)/b21-19+,27-14?. The van der Waals surface area contributed by atoms with Crippen LogP contribution in [0.2, 0.25) is 0 Å². The van der Waals surface area contributed by atoms with Crippen LogP contribution in [-0.4, -0.2) is 26.9 Å². The van der Waals surface area contributed by atoms with Gasteiger partial charge in [-0.05, 0) is 44.2 Å². The summed E-state index contributed by atoms with van der Waals surface area (Å²) in [5, 5.41) is 18.4. The maximum Gasteiger partial charge on any atom is 0.252 e. The lowest BCUT2D eigenvalue weighted by atomic mass is 10.1. The van der Waals surface area contributed by atoms with Crippen molar-refractivity contribution in [2.24, 2.45) is 5.73 Å². The number of primary amides is 1. The molecule has 0 aliphatic carbocycles. The number of nitrogens with two attached hydrogens (primary N) is 1. The Morgan fingerprint density at radius 2 is 2.06 bits per heavy atom. The first-order valence-corrected chi connectivity index (χ1v) is 10.6. The van der Waals surface area contributed by atoms with E-state index in [0.29, 0.717) is 28.6 Å². The molecule has 3 heterocycles. The summed E-state index contributed by atoms with van der Waals surface area (Å²) in [6.07, 6.45) is 6.12. The molecule has 0 bridgehead atoms. The SMILES string of the molecule is Cc1cccc(-n2nc(NC(C)c3ccccc3F)cc2C2=C/C(=C(/C=N)C(N)=O)NC=C2)n1. The van der Waals surface area contributed by atoms with Crippen molar-refractivity contribution < 1.29 is 9.18 Å². The Balaban J connectivity index is 1.80. The zero-order valence-electron chi connectivity index (χ0n) is 18.7. The molecule has 5 N–H and O–H groups in total. The quantitative estimate of drug-likeness (QED) is 0.318. The number of nitrogens with one attached hydrogen (secondary N) is 3. The second-order valence-corrected chi connectivity index (χ2v) is 7.76. The van der Waals surface area contributed by atoms with Gasteiger partial charge in [0, 0.05) is 35.3 Å². The number of rotatable bonds is 7. The molecule has 2 aromatic heterocycles. The van der Waals surface area contributed by atoms with Gasteiger partial charge in [0.15, 0.2) is 5.82 Å². The monoisotopic (exact) mass is 457 g/mol. The minimum Gasteiger partial charge on any atom is -0.365 e. The Bertz CT molecular complexity index is 1350. The normalized spacial score (nSPS) is 15.2. The molecule has 9 heteroatoms. The number of carbonyl (C=O) groups excluding carboxylic acids is 1. The van der Waals surface area contributed by atoms with Gasteiger partial charge in [0.25, 0.3) is 5.91 Å². The predicted molar refractivity (Wildman–Crippen MR) is 130 cm³/mol. The Labute approximate surface area is 196 Å². The highest BCUT2D eigenvalue weighted by atomic mass is 19.1. The number of dihydropyridines is 1. The van der Waals surface area contributed by atoms with E-state index in [1.54, 1.807) is 35.2 Å². The number of pyridine rings is 1. The smallest absolute Gasteiger partial charge is 0.252 e. The zero-order chi connectivity index (χ0) is 24.2. The predicted octanol–water partition coefficient (Wildman–Crippen LogP) is 3.78. The van der Waals surface area contributed by atoms with Gasteiger partial charge in [0.05, 0.1) is 23.0 Å². The molecule has 4 rings (SSSR count). The van der Waals surface area contributed by atoms with Crippen molar-refractivity contribution in [2.45, 2.75) is 19.9 Å². The number of aromatic nitrogens is 3. The zero-order valence-corrected chi connectivity index (χ0v) is 18.7. The number of hydrogen-bond donors (Lipinski definition) is 4. The average molecular weight is 458 g/mol. The average Bonchev–Trinajstić information content (AvgIpc) is 3.23. The molecule has 1 amide bonds. The fraction of sp³-hybridized carbons (Fsp3) is 0.120. The van der Waals surface area contributed by atoms with Crippen molar-refractivity contribution in [3.05, 3.63) is 101 Å². The molecule has 8 nitrogen and oxygen atoms in total. The maximum absolute atomic E-state index is 14.3. The van der Waals surface area contributed by atoms with E-state index in [1.165, 1.54) is 6.07 Å². The van der Waals surface area contributed by atoms with E-state index in [1.807, 2.05) is 44.2 Å². The molecule has 1 aliphatic heterocycles. The van der Waals surface area contributed by atoms with Crippen LogP contribution >= 0.6 is 0 Å². The minimum atomic E-state index is -0.710. The lowest BCUT2D eigenvalue weighted by Gasteiger charge is -2.14. The van der Waals surface area contributed by atoms with Crippen LogP contribution < -0.4 is 16.4 Å².